The first-order chi connectivity index (χ1) is 12.8. The van der Waals surface area contributed by atoms with E-state index in [1.807, 2.05) is 0 Å². The topological polar surface area (TPSA) is 102 Å². The van der Waals surface area contributed by atoms with Crippen LogP contribution >= 0.6 is 0 Å². The molecule has 0 radical (unpaired) electrons. The van der Waals surface area contributed by atoms with Gasteiger partial charge in [0.25, 0.3) is 10.0 Å². The summed E-state index contributed by atoms with van der Waals surface area (Å²) in [5.41, 5.74) is 0.629. The number of benzene rings is 1. The molecule has 0 saturated carbocycles. The van der Waals surface area contributed by atoms with Crippen LogP contribution in [-0.2, 0) is 24.3 Å². The maximum absolute atomic E-state index is 13.0. The quantitative estimate of drug-likeness (QED) is 0.769. The predicted octanol–water partition coefficient (Wildman–Crippen LogP) is 0.979. The lowest BCUT2D eigenvalue weighted by atomic mass is 10.2. The number of nitrogens with one attached hydrogen (secondary N) is 1. The van der Waals surface area contributed by atoms with Gasteiger partial charge in [0.1, 0.15) is 11.8 Å². The molecule has 2 fully saturated rings. The molecular formula is C18H24N2O6S. The largest absolute Gasteiger partial charge is 0.496 e. The average Bonchev–Trinajstić information content (AvgIpc) is 3.29. The van der Waals surface area contributed by atoms with Gasteiger partial charge in [0.05, 0.1) is 18.1 Å². The van der Waals surface area contributed by atoms with E-state index in [2.05, 4.69) is 5.32 Å². The Morgan fingerprint density at radius 1 is 1.37 bits per heavy atom. The van der Waals surface area contributed by atoms with Crippen LogP contribution in [0.1, 0.15) is 31.2 Å². The Kier molecular flexibility index (Phi) is 5.71. The molecule has 9 heteroatoms. The van der Waals surface area contributed by atoms with Gasteiger partial charge in [-0.15, -0.1) is 0 Å². The van der Waals surface area contributed by atoms with Gasteiger partial charge in [0, 0.05) is 19.6 Å². The van der Waals surface area contributed by atoms with Gasteiger partial charge >= 0.3 is 0 Å². The van der Waals surface area contributed by atoms with Crippen molar-refractivity contribution in [3.05, 3.63) is 23.8 Å². The van der Waals surface area contributed by atoms with E-state index in [9.17, 15) is 18.0 Å². The van der Waals surface area contributed by atoms with E-state index >= 15 is 0 Å². The Morgan fingerprint density at radius 2 is 2.15 bits per heavy atom. The molecule has 0 aromatic heterocycles. The molecule has 0 unspecified atom stereocenters. The van der Waals surface area contributed by atoms with Gasteiger partial charge in [0.2, 0.25) is 11.8 Å². The maximum atomic E-state index is 13.0. The smallest absolute Gasteiger partial charge is 0.267 e. The van der Waals surface area contributed by atoms with Crippen LogP contribution in [0.5, 0.6) is 5.75 Å². The Labute approximate surface area is 158 Å². The summed E-state index contributed by atoms with van der Waals surface area (Å²) in [5.74, 6) is -0.488. The van der Waals surface area contributed by atoms with E-state index < -0.39 is 27.9 Å². The third kappa shape index (κ3) is 3.93. The summed E-state index contributed by atoms with van der Waals surface area (Å²) >= 11 is 0. The number of hydrogen-bond donors (Lipinski definition) is 1. The fraction of sp³-hybridized carbons (Fsp3) is 0.556. The van der Waals surface area contributed by atoms with Gasteiger partial charge in [-0.25, -0.2) is 12.7 Å². The van der Waals surface area contributed by atoms with Crippen LogP contribution < -0.4 is 10.1 Å². The number of methoxy groups -OCH3 is 1. The Bertz CT molecular complexity index is 832. The Hall–Kier alpha value is -2.13. The number of carbonyl (C=O) groups is 2. The lowest BCUT2D eigenvalue weighted by Gasteiger charge is -2.24. The van der Waals surface area contributed by atoms with E-state index in [-0.39, 0.29) is 23.8 Å². The summed E-state index contributed by atoms with van der Waals surface area (Å²) in [4.78, 5) is 24.8. The van der Waals surface area contributed by atoms with Crippen LogP contribution in [0.15, 0.2) is 23.1 Å². The second-order valence-corrected chi connectivity index (χ2v) is 8.58. The monoisotopic (exact) mass is 396 g/mol. The second kappa shape index (κ2) is 7.85. The summed E-state index contributed by atoms with van der Waals surface area (Å²) in [6, 6.07) is 3.33. The van der Waals surface area contributed by atoms with Gasteiger partial charge in [-0.05, 0) is 49.9 Å². The molecule has 1 aromatic rings. The first-order valence-electron chi connectivity index (χ1n) is 8.96. The number of sulfonamides is 1. The number of nitrogens with zero attached hydrogens (tertiary/aromatic N) is 1. The van der Waals surface area contributed by atoms with E-state index in [1.54, 1.807) is 6.92 Å². The molecule has 1 aromatic carbocycles. The highest BCUT2D eigenvalue weighted by Crippen LogP contribution is 2.30. The minimum absolute atomic E-state index is 0.0202. The molecule has 0 bridgehead atoms. The van der Waals surface area contributed by atoms with Crippen LogP contribution in [0.3, 0.4) is 0 Å². The molecule has 2 aliphatic rings. The van der Waals surface area contributed by atoms with Crippen LogP contribution in [0.2, 0.25) is 0 Å². The number of hydrogen-bond acceptors (Lipinski definition) is 6. The molecule has 2 atom stereocenters. The second-order valence-electron chi connectivity index (χ2n) is 6.76. The molecule has 27 heavy (non-hydrogen) atoms. The first kappa shape index (κ1) is 19.6. The van der Waals surface area contributed by atoms with Crippen molar-refractivity contribution in [2.24, 2.45) is 0 Å². The Balaban J connectivity index is 1.80. The van der Waals surface area contributed by atoms with Gasteiger partial charge in [-0.1, -0.05) is 0 Å². The van der Waals surface area contributed by atoms with Crippen molar-refractivity contribution in [1.29, 1.82) is 0 Å². The molecule has 1 N–H and O–H groups in total. The minimum Gasteiger partial charge on any atom is -0.496 e. The third-order valence-electron chi connectivity index (χ3n) is 4.91. The molecule has 0 spiro atoms. The van der Waals surface area contributed by atoms with Crippen molar-refractivity contribution in [3.8, 4) is 5.75 Å². The predicted molar refractivity (Wildman–Crippen MR) is 96.8 cm³/mol. The SMILES string of the molecule is COc1ccc(S(=O)(=O)N2C(=O)CC[C@@H]2C(=O)NC[C@@H]2CCCO2)cc1C. The van der Waals surface area contributed by atoms with Gasteiger partial charge in [0.15, 0.2) is 0 Å². The van der Waals surface area contributed by atoms with Crippen molar-refractivity contribution in [2.75, 3.05) is 20.3 Å². The summed E-state index contributed by atoms with van der Waals surface area (Å²) in [6.07, 6.45) is 1.94. The van der Waals surface area contributed by atoms with Crippen LogP contribution in [0, 0.1) is 6.92 Å². The summed E-state index contributed by atoms with van der Waals surface area (Å²) in [5, 5.41) is 2.73. The van der Waals surface area contributed by atoms with Gasteiger partial charge in [-0.3, -0.25) is 9.59 Å². The minimum atomic E-state index is -4.13. The van der Waals surface area contributed by atoms with E-state index in [1.165, 1.54) is 25.3 Å². The normalized spacial score (nSPS) is 22.9. The lowest BCUT2D eigenvalue weighted by Crippen LogP contribution is -2.48. The number of carbonyl (C=O) groups excluding carboxylic acids is 2. The molecule has 2 aliphatic heterocycles. The fourth-order valence-electron chi connectivity index (χ4n) is 3.46. The number of rotatable bonds is 6. The molecule has 148 valence electrons. The fourth-order valence-corrected chi connectivity index (χ4v) is 5.15. The molecule has 2 heterocycles. The zero-order chi connectivity index (χ0) is 19.6. The van der Waals surface area contributed by atoms with Crippen molar-refractivity contribution in [2.45, 2.75) is 49.6 Å². The number of ether oxygens (including phenoxy) is 2. The highest BCUT2D eigenvalue weighted by molar-refractivity contribution is 7.89. The van der Waals surface area contributed by atoms with Crippen LogP contribution in [0.4, 0.5) is 0 Å². The molecular weight excluding hydrogens is 372 g/mol. The molecule has 2 amide bonds. The first-order valence-corrected chi connectivity index (χ1v) is 10.4. The third-order valence-corrected chi connectivity index (χ3v) is 6.74. The highest BCUT2D eigenvalue weighted by Gasteiger charge is 2.44. The summed E-state index contributed by atoms with van der Waals surface area (Å²) in [6.45, 7) is 2.70. The maximum Gasteiger partial charge on any atom is 0.267 e. The zero-order valence-electron chi connectivity index (χ0n) is 15.4. The van der Waals surface area contributed by atoms with Crippen LogP contribution in [0.25, 0.3) is 0 Å². The standard InChI is InChI=1S/C18H24N2O6S/c1-12-10-14(5-7-16(12)25-2)27(23,24)20-15(6-8-17(20)21)18(22)19-11-13-4-3-9-26-13/h5,7,10,13,15H,3-4,6,8-9,11H2,1-2H3,(H,19,22)/t13-,15+/m0/s1. The Morgan fingerprint density at radius 3 is 2.78 bits per heavy atom. The highest BCUT2D eigenvalue weighted by atomic mass is 32.2. The summed E-state index contributed by atoms with van der Waals surface area (Å²) < 4.78 is 37.4. The molecule has 0 aliphatic carbocycles. The summed E-state index contributed by atoms with van der Waals surface area (Å²) in [7, 11) is -2.64. The van der Waals surface area contributed by atoms with Gasteiger partial charge in [-0.2, -0.15) is 0 Å². The van der Waals surface area contributed by atoms with E-state index in [0.29, 0.717) is 24.5 Å². The van der Waals surface area contributed by atoms with Crippen molar-refractivity contribution in [1.82, 2.24) is 9.62 Å². The molecule has 3 rings (SSSR count). The zero-order valence-corrected chi connectivity index (χ0v) is 16.3. The van der Waals surface area contributed by atoms with Crippen LogP contribution in [-0.4, -0.2) is 56.9 Å². The van der Waals surface area contributed by atoms with E-state index in [0.717, 1.165) is 17.1 Å². The molecule has 8 nitrogen and oxygen atoms in total. The van der Waals surface area contributed by atoms with Crippen molar-refractivity contribution >= 4 is 21.8 Å². The van der Waals surface area contributed by atoms with Crippen molar-refractivity contribution < 1.29 is 27.5 Å². The van der Waals surface area contributed by atoms with Crippen molar-refractivity contribution in [3.63, 3.8) is 0 Å². The lowest BCUT2D eigenvalue weighted by molar-refractivity contribution is -0.130. The average molecular weight is 396 g/mol. The van der Waals surface area contributed by atoms with Gasteiger partial charge < -0.3 is 14.8 Å². The number of amides is 2. The van der Waals surface area contributed by atoms with E-state index in [4.69, 9.17) is 9.47 Å². The molecule has 2 saturated heterocycles. The number of aryl methyl sites for hydroxylation is 1.